The molecule has 0 heterocycles. The minimum Gasteiger partial charge on any atom is -0.355 e. The number of aryl methyl sites for hydroxylation is 4. The highest BCUT2D eigenvalue weighted by molar-refractivity contribution is 5.92. The molecule has 0 aliphatic carbocycles. The van der Waals surface area contributed by atoms with Crippen LogP contribution in [0.1, 0.15) is 38.9 Å². The predicted octanol–water partition coefficient (Wildman–Crippen LogP) is 8.25. The maximum Gasteiger partial charge on any atom is 0.0414 e. The SMILES string of the molecule is Cc1ccc(Nc2ccc(C=C(c3ccccc3)c3ccc(C)cc3C)cc2)c(C)c1. The van der Waals surface area contributed by atoms with Crippen molar-refractivity contribution in [3.8, 4) is 0 Å². The van der Waals surface area contributed by atoms with E-state index < -0.39 is 0 Å². The van der Waals surface area contributed by atoms with Crippen molar-refractivity contribution >= 4 is 23.0 Å². The lowest BCUT2D eigenvalue weighted by atomic mass is 9.92. The highest BCUT2D eigenvalue weighted by Gasteiger charge is 2.09. The van der Waals surface area contributed by atoms with E-state index in [4.69, 9.17) is 0 Å². The largest absolute Gasteiger partial charge is 0.355 e. The maximum absolute atomic E-state index is 3.54. The maximum atomic E-state index is 3.54. The number of benzene rings is 4. The Morgan fingerprint density at radius 3 is 1.94 bits per heavy atom. The average Bonchev–Trinajstić information content (AvgIpc) is 2.76. The summed E-state index contributed by atoms with van der Waals surface area (Å²) in [6.07, 6.45) is 2.29. The highest BCUT2D eigenvalue weighted by atomic mass is 14.9. The molecule has 4 aromatic carbocycles. The third kappa shape index (κ3) is 4.95. The molecule has 0 radical (unpaired) electrons. The van der Waals surface area contributed by atoms with Crippen molar-refractivity contribution in [2.75, 3.05) is 5.32 Å². The molecule has 0 saturated heterocycles. The summed E-state index contributed by atoms with van der Waals surface area (Å²) in [4.78, 5) is 0. The van der Waals surface area contributed by atoms with Gasteiger partial charge in [-0.3, -0.25) is 0 Å². The topological polar surface area (TPSA) is 12.0 Å². The van der Waals surface area contributed by atoms with Gasteiger partial charge in [-0.1, -0.05) is 83.9 Å². The highest BCUT2D eigenvalue weighted by Crippen LogP contribution is 2.30. The van der Waals surface area contributed by atoms with E-state index in [-0.39, 0.29) is 0 Å². The first kappa shape index (κ1) is 20.7. The molecule has 4 rings (SSSR count). The average molecular weight is 404 g/mol. The van der Waals surface area contributed by atoms with Gasteiger partial charge in [0.15, 0.2) is 0 Å². The standard InChI is InChI=1S/C30H29N/c1-21-10-16-28(23(3)18-21)29(26-8-6-5-7-9-26)20-25-12-14-27(15-13-25)31-30-17-11-22(2)19-24(30)4/h5-20,31H,1-4H3. The van der Waals surface area contributed by atoms with E-state index in [0.717, 1.165) is 11.4 Å². The zero-order chi connectivity index (χ0) is 21.8. The summed E-state index contributed by atoms with van der Waals surface area (Å²) in [5.74, 6) is 0. The van der Waals surface area contributed by atoms with Crippen molar-refractivity contribution in [3.05, 3.63) is 130 Å². The Morgan fingerprint density at radius 2 is 1.29 bits per heavy atom. The smallest absolute Gasteiger partial charge is 0.0414 e. The summed E-state index contributed by atoms with van der Waals surface area (Å²) < 4.78 is 0. The Labute approximate surface area is 186 Å². The number of hydrogen-bond donors (Lipinski definition) is 1. The van der Waals surface area contributed by atoms with E-state index in [9.17, 15) is 0 Å². The van der Waals surface area contributed by atoms with Crippen LogP contribution >= 0.6 is 0 Å². The van der Waals surface area contributed by atoms with Crippen LogP contribution < -0.4 is 5.32 Å². The summed E-state index contributed by atoms with van der Waals surface area (Å²) in [6.45, 7) is 8.60. The fourth-order valence-electron chi connectivity index (χ4n) is 3.99. The van der Waals surface area contributed by atoms with Gasteiger partial charge in [0, 0.05) is 11.4 Å². The van der Waals surface area contributed by atoms with E-state index in [0.29, 0.717) is 0 Å². The van der Waals surface area contributed by atoms with Crippen molar-refractivity contribution in [2.24, 2.45) is 0 Å². The summed E-state index contributed by atoms with van der Waals surface area (Å²) in [5.41, 5.74) is 12.3. The second kappa shape index (κ2) is 9.06. The normalized spacial score (nSPS) is 11.4. The van der Waals surface area contributed by atoms with Crippen molar-refractivity contribution in [3.63, 3.8) is 0 Å². The monoisotopic (exact) mass is 403 g/mol. The van der Waals surface area contributed by atoms with Crippen LogP contribution in [0.3, 0.4) is 0 Å². The number of nitrogens with one attached hydrogen (secondary N) is 1. The summed E-state index contributed by atoms with van der Waals surface area (Å²) >= 11 is 0. The summed E-state index contributed by atoms with van der Waals surface area (Å²) in [5, 5.41) is 3.54. The molecule has 1 heteroatoms. The van der Waals surface area contributed by atoms with Gasteiger partial charge in [-0.2, -0.15) is 0 Å². The molecule has 31 heavy (non-hydrogen) atoms. The molecular formula is C30H29N. The molecule has 0 aromatic heterocycles. The van der Waals surface area contributed by atoms with Gasteiger partial charge in [-0.25, -0.2) is 0 Å². The van der Waals surface area contributed by atoms with Crippen LogP contribution in [0.2, 0.25) is 0 Å². The van der Waals surface area contributed by atoms with Gasteiger partial charge in [0.05, 0.1) is 0 Å². The lowest BCUT2D eigenvalue weighted by Crippen LogP contribution is -1.94. The molecule has 154 valence electrons. The molecule has 1 nitrogen and oxygen atoms in total. The minimum atomic E-state index is 1.09. The van der Waals surface area contributed by atoms with Crippen molar-refractivity contribution in [2.45, 2.75) is 27.7 Å². The van der Waals surface area contributed by atoms with Crippen LogP contribution in [-0.4, -0.2) is 0 Å². The second-order valence-electron chi connectivity index (χ2n) is 8.31. The summed E-state index contributed by atoms with van der Waals surface area (Å²) in [7, 11) is 0. The van der Waals surface area contributed by atoms with Crippen molar-refractivity contribution in [1.29, 1.82) is 0 Å². The fraction of sp³-hybridized carbons (Fsp3) is 0.133. The van der Waals surface area contributed by atoms with Crippen molar-refractivity contribution < 1.29 is 0 Å². The van der Waals surface area contributed by atoms with E-state index in [1.165, 1.54) is 44.5 Å². The third-order valence-electron chi connectivity index (χ3n) is 5.64. The predicted molar refractivity (Wildman–Crippen MR) is 135 cm³/mol. The van der Waals surface area contributed by atoms with Gasteiger partial charge in [0.25, 0.3) is 0 Å². The lowest BCUT2D eigenvalue weighted by Gasteiger charge is -2.13. The van der Waals surface area contributed by atoms with E-state index in [2.05, 4.69) is 130 Å². The van der Waals surface area contributed by atoms with Gasteiger partial charge in [0.2, 0.25) is 0 Å². The minimum absolute atomic E-state index is 1.09. The van der Waals surface area contributed by atoms with Gasteiger partial charge in [0.1, 0.15) is 0 Å². The molecule has 0 atom stereocenters. The Hall–Kier alpha value is -3.58. The van der Waals surface area contributed by atoms with Gasteiger partial charge < -0.3 is 5.32 Å². The quantitative estimate of drug-likeness (QED) is 0.331. The Morgan fingerprint density at radius 1 is 0.645 bits per heavy atom. The zero-order valence-corrected chi connectivity index (χ0v) is 18.7. The van der Waals surface area contributed by atoms with E-state index in [1.807, 2.05) is 0 Å². The first-order chi connectivity index (χ1) is 15.0. The van der Waals surface area contributed by atoms with Crippen LogP contribution in [0, 0.1) is 27.7 Å². The molecule has 1 N–H and O–H groups in total. The first-order valence-electron chi connectivity index (χ1n) is 10.8. The molecule has 0 spiro atoms. The van der Waals surface area contributed by atoms with Crippen LogP contribution in [0.25, 0.3) is 11.6 Å². The van der Waals surface area contributed by atoms with E-state index in [1.54, 1.807) is 0 Å². The molecule has 0 saturated carbocycles. The molecule has 0 amide bonds. The Balaban J connectivity index is 1.67. The van der Waals surface area contributed by atoms with Gasteiger partial charge in [-0.05, 0) is 85.4 Å². The van der Waals surface area contributed by atoms with Crippen LogP contribution in [0.5, 0.6) is 0 Å². The molecular weight excluding hydrogens is 374 g/mol. The fourth-order valence-corrected chi connectivity index (χ4v) is 3.99. The van der Waals surface area contributed by atoms with Gasteiger partial charge in [-0.15, -0.1) is 0 Å². The zero-order valence-electron chi connectivity index (χ0n) is 18.7. The van der Waals surface area contributed by atoms with Crippen LogP contribution in [0.15, 0.2) is 91.0 Å². The van der Waals surface area contributed by atoms with Crippen molar-refractivity contribution in [1.82, 2.24) is 0 Å². The van der Waals surface area contributed by atoms with Crippen LogP contribution in [-0.2, 0) is 0 Å². The number of anilines is 2. The molecule has 0 aliphatic rings. The van der Waals surface area contributed by atoms with E-state index >= 15 is 0 Å². The lowest BCUT2D eigenvalue weighted by molar-refractivity contribution is 1.35. The Kier molecular flexibility index (Phi) is 6.04. The second-order valence-corrected chi connectivity index (χ2v) is 8.31. The molecule has 0 aliphatic heterocycles. The molecule has 0 bridgehead atoms. The number of hydrogen-bond acceptors (Lipinski definition) is 1. The molecule has 0 fully saturated rings. The Bertz CT molecular complexity index is 1220. The number of rotatable bonds is 5. The molecule has 0 unspecified atom stereocenters. The van der Waals surface area contributed by atoms with Gasteiger partial charge >= 0.3 is 0 Å². The van der Waals surface area contributed by atoms with Crippen LogP contribution in [0.4, 0.5) is 11.4 Å². The summed E-state index contributed by atoms with van der Waals surface area (Å²) in [6, 6.07) is 32.5. The first-order valence-corrected chi connectivity index (χ1v) is 10.8. The molecule has 4 aromatic rings. The third-order valence-corrected chi connectivity index (χ3v) is 5.64.